The average Bonchev–Trinajstić information content (AvgIpc) is 2.33. The lowest BCUT2D eigenvalue weighted by atomic mass is 10.2. The van der Waals surface area contributed by atoms with Gasteiger partial charge in [-0.3, -0.25) is 10.4 Å². The van der Waals surface area contributed by atoms with E-state index in [1.54, 1.807) is 0 Å². The molecule has 0 radical (unpaired) electrons. The fraction of sp³-hybridized carbons (Fsp3) is 0.273. The van der Waals surface area contributed by atoms with Crippen molar-refractivity contribution in [3.63, 3.8) is 0 Å². The molecule has 1 aromatic rings. The number of pyridine rings is 1. The molecule has 0 atom stereocenters. The first kappa shape index (κ1) is 15.6. The summed E-state index contributed by atoms with van der Waals surface area (Å²) in [5.74, 6) is 0. The van der Waals surface area contributed by atoms with Crippen molar-refractivity contribution in [1.82, 2.24) is 10.3 Å². The third kappa shape index (κ3) is 4.99. The molecule has 1 rings (SSSR count). The summed E-state index contributed by atoms with van der Waals surface area (Å²) in [4.78, 5) is 3.34. The van der Waals surface area contributed by atoms with E-state index in [-0.39, 0.29) is 11.2 Å². The minimum Gasteiger partial charge on any atom is -0.386 e. The first-order valence-corrected chi connectivity index (χ1v) is 6.03. The maximum atomic E-state index is 12.3. The molecule has 104 valence electrons. The van der Waals surface area contributed by atoms with Gasteiger partial charge in [-0.15, -0.1) is 0 Å². The normalized spacial score (nSPS) is 12.4. The van der Waals surface area contributed by atoms with Crippen LogP contribution in [0.3, 0.4) is 0 Å². The molecule has 0 aliphatic carbocycles. The second-order valence-electron chi connectivity index (χ2n) is 3.62. The number of alkyl halides is 3. The lowest BCUT2D eigenvalue weighted by Gasteiger charge is -2.07. The summed E-state index contributed by atoms with van der Waals surface area (Å²) in [5.41, 5.74) is 5.64. The summed E-state index contributed by atoms with van der Waals surface area (Å²) in [6, 6.07) is 2.27. The van der Waals surface area contributed by atoms with Gasteiger partial charge in [0.1, 0.15) is 10.3 Å². The predicted molar refractivity (Wildman–Crippen MR) is 69.9 cm³/mol. The van der Waals surface area contributed by atoms with Crippen LogP contribution in [0.4, 0.5) is 13.2 Å². The van der Waals surface area contributed by atoms with Crippen molar-refractivity contribution in [3.05, 3.63) is 41.4 Å². The van der Waals surface area contributed by atoms with Gasteiger partial charge in [-0.2, -0.15) is 13.2 Å². The fourth-order valence-electron chi connectivity index (χ4n) is 1.20. The Kier molecular flexibility index (Phi) is 5.49. The average molecular weight is 337 g/mol. The van der Waals surface area contributed by atoms with Crippen molar-refractivity contribution < 1.29 is 13.2 Å². The molecule has 0 unspecified atom stereocenters. The van der Waals surface area contributed by atoms with Crippen molar-refractivity contribution >= 4 is 20.6 Å². The van der Waals surface area contributed by atoms with Crippen LogP contribution in [0.25, 0.3) is 0 Å². The van der Waals surface area contributed by atoms with E-state index in [1.807, 2.05) is 0 Å². The predicted octanol–water partition coefficient (Wildman–Crippen LogP) is 2.40. The van der Waals surface area contributed by atoms with E-state index in [1.165, 1.54) is 12.3 Å². The monoisotopic (exact) mass is 336 g/mol. The van der Waals surface area contributed by atoms with Gasteiger partial charge < -0.3 is 11.1 Å². The number of nitrogens with zero attached hydrogens (tertiary/aromatic N) is 1. The minimum absolute atomic E-state index is 0.160. The zero-order valence-electron chi connectivity index (χ0n) is 9.76. The van der Waals surface area contributed by atoms with Crippen LogP contribution in [0.15, 0.2) is 30.1 Å². The van der Waals surface area contributed by atoms with Crippen LogP contribution in [0, 0.1) is 5.41 Å². The molecule has 4 nitrogen and oxygen atoms in total. The molecule has 0 saturated heterocycles. The number of hydrogen-bond donors (Lipinski definition) is 3. The molecule has 0 fully saturated rings. The van der Waals surface area contributed by atoms with E-state index in [0.29, 0.717) is 17.7 Å². The summed E-state index contributed by atoms with van der Waals surface area (Å²) >= 11 is 2.98. The van der Waals surface area contributed by atoms with Gasteiger partial charge in [0, 0.05) is 31.1 Å². The third-order valence-electron chi connectivity index (χ3n) is 2.20. The SMILES string of the molecule is N=C(Br)/C(=C\NCc1ccc(C(F)(F)F)nc1)CN. The van der Waals surface area contributed by atoms with E-state index >= 15 is 0 Å². The molecule has 0 aliphatic heterocycles. The summed E-state index contributed by atoms with van der Waals surface area (Å²) in [6.45, 7) is 0.483. The molecular weight excluding hydrogens is 325 g/mol. The van der Waals surface area contributed by atoms with Crippen molar-refractivity contribution in [2.75, 3.05) is 6.54 Å². The molecule has 0 saturated carbocycles. The minimum atomic E-state index is -4.43. The Labute approximate surface area is 116 Å². The van der Waals surface area contributed by atoms with E-state index < -0.39 is 11.9 Å². The van der Waals surface area contributed by atoms with Crippen molar-refractivity contribution in [2.45, 2.75) is 12.7 Å². The van der Waals surface area contributed by atoms with E-state index in [0.717, 1.165) is 12.3 Å². The molecule has 0 spiro atoms. The molecule has 1 aromatic heterocycles. The van der Waals surface area contributed by atoms with E-state index in [4.69, 9.17) is 11.1 Å². The van der Waals surface area contributed by atoms with Crippen LogP contribution in [-0.2, 0) is 12.7 Å². The topological polar surface area (TPSA) is 74.8 Å². The van der Waals surface area contributed by atoms with Gasteiger partial charge in [0.05, 0.1) is 0 Å². The molecule has 4 N–H and O–H groups in total. The molecule has 1 heterocycles. The lowest BCUT2D eigenvalue weighted by molar-refractivity contribution is -0.141. The van der Waals surface area contributed by atoms with Crippen LogP contribution in [0.1, 0.15) is 11.3 Å². The highest BCUT2D eigenvalue weighted by Crippen LogP contribution is 2.27. The molecule has 0 aliphatic rings. The Morgan fingerprint density at radius 2 is 2.16 bits per heavy atom. The van der Waals surface area contributed by atoms with Crippen LogP contribution in [0.5, 0.6) is 0 Å². The maximum Gasteiger partial charge on any atom is 0.433 e. The smallest absolute Gasteiger partial charge is 0.386 e. The number of nitrogens with two attached hydrogens (primary N) is 1. The lowest BCUT2D eigenvalue weighted by Crippen LogP contribution is -2.14. The molecular formula is C11H12BrF3N4. The Hall–Kier alpha value is -1.41. The second-order valence-corrected chi connectivity index (χ2v) is 4.41. The highest BCUT2D eigenvalue weighted by Gasteiger charge is 2.31. The zero-order valence-corrected chi connectivity index (χ0v) is 11.3. The highest BCUT2D eigenvalue weighted by atomic mass is 79.9. The molecule has 19 heavy (non-hydrogen) atoms. The maximum absolute atomic E-state index is 12.3. The van der Waals surface area contributed by atoms with Crippen molar-refractivity contribution in [1.29, 1.82) is 5.41 Å². The van der Waals surface area contributed by atoms with E-state index in [9.17, 15) is 13.2 Å². The van der Waals surface area contributed by atoms with Gasteiger partial charge >= 0.3 is 6.18 Å². The number of aromatic nitrogens is 1. The van der Waals surface area contributed by atoms with Crippen LogP contribution in [0.2, 0.25) is 0 Å². The summed E-state index contributed by atoms with van der Waals surface area (Å²) in [6.07, 6.45) is -1.73. The van der Waals surface area contributed by atoms with Gasteiger partial charge in [-0.25, -0.2) is 0 Å². The fourth-order valence-corrected chi connectivity index (χ4v) is 1.48. The first-order valence-electron chi connectivity index (χ1n) is 5.23. The number of halogens is 4. The molecule has 8 heteroatoms. The van der Waals surface area contributed by atoms with Gasteiger partial charge in [0.25, 0.3) is 0 Å². The third-order valence-corrected chi connectivity index (χ3v) is 2.71. The number of hydrogen-bond acceptors (Lipinski definition) is 4. The molecule has 0 amide bonds. The zero-order chi connectivity index (χ0) is 14.5. The Morgan fingerprint density at radius 1 is 1.47 bits per heavy atom. The first-order chi connectivity index (χ1) is 8.84. The standard InChI is InChI=1S/C11H12BrF3N4/c12-10(17)8(3-16)6-18-4-7-1-2-9(19-5-7)11(13,14)15/h1-2,5-6,17-18H,3-4,16H2/b8-6-,17-10?. The summed E-state index contributed by atoms with van der Waals surface area (Å²) < 4.78 is 37.0. The van der Waals surface area contributed by atoms with Crippen LogP contribution >= 0.6 is 15.9 Å². The Balaban J connectivity index is 2.62. The largest absolute Gasteiger partial charge is 0.433 e. The highest BCUT2D eigenvalue weighted by molar-refractivity contribution is 9.18. The second kappa shape index (κ2) is 6.67. The van der Waals surface area contributed by atoms with E-state index in [2.05, 4.69) is 26.2 Å². The quantitative estimate of drug-likeness (QED) is 0.723. The Morgan fingerprint density at radius 3 is 2.58 bits per heavy atom. The van der Waals surface area contributed by atoms with Crippen molar-refractivity contribution in [2.24, 2.45) is 5.73 Å². The Bertz CT molecular complexity index is 468. The van der Waals surface area contributed by atoms with Gasteiger partial charge in [-0.1, -0.05) is 6.07 Å². The number of nitrogens with one attached hydrogen (secondary N) is 2. The van der Waals surface area contributed by atoms with Crippen LogP contribution in [-0.4, -0.2) is 16.1 Å². The van der Waals surface area contributed by atoms with Gasteiger partial charge in [-0.05, 0) is 27.6 Å². The molecule has 0 aromatic carbocycles. The molecule has 0 bridgehead atoms. The summed E-state index contributed by atoms with van der Waals surface area (Å²) in [5, 5.41) is 10.2. The van der Waals surface area contributed by atoms with Gasteiger partial charge in [0.15, 0.2) is 0 Å². The van der Waals surface area contributed by atoms with Gasteiger partial charge in [0.2, 0.25) is 0 Å². The van der Waals surface area contributed by atoms with Crippen LogP contribution < -0.4 is 11.1 Å². The summed E-state index contributed by atoms with van der Waals surface area (Å²) in [7, 11) is 0. The van der Waals surface area contributed by atoms with Crippen molar-refractivity contribution in [3.8, 4) is 0 Å². The number of rotatable bonds is 5.